The van der Waals surface area contributed by atoms with Crippen molar-refractivity contribution in [1.82, 2.24) is 0 Å². The summed E-state index contributed by atoms with van der Waals surface area (Å²) in [7, 11) is 2.24. The van der Waals surface area contributed by atoms with Crippen LogP contribution in [0, 0.1) is 125 Å². The van der Waals surface area contributed by atoms with Crippen molar-refractivity contribution < 1.29 is 116 Å². The molecular weight excluding hydrogens is 2020 g/mol. The maximum absolute atomic E-state index is 6.43. The van der Waals surface area contributed by atoms with Crippen LogP contribution in [0.4, 0.5) is 17.1 Å². The van der Waals surface area contributed by atoms with Gasteiger partial charge in [-0.2, -0.15) is 13.7 Å². The third-order valence-electron chi connectivity index (χ3n) is 33.3. The number of rotatable bonds is 23. The van der Waals surface area contributed by atoms with Gasteiger partial charge in [-0.15, -0.1) is 0 Å². The topological polar surface area (TPSA) is 9.03 Å². The minimum absolute atomic E-state index is 0. The molecule has 3 heterocycles. The fourth-order valence-electron chi connectivity index (χ4n) is 25.7. The van der Waals surface area contributed by atoms with Gasteiger partial charge in [0.2, 0.25) is 17.1 Å². The number of benzene rings is 6. The second-order valence-corrected chi connectivity index (χ2v) is 43.9. The van der Waals surface area contributed by atoms with Gasteiger partial charge in [0.15, 0.2) is 17.1 Å². The predicted octanol–water partition coefficient (Wildman–Crippen LogP) is 42.8. The smallest absolute Gasteiger partial charge is 0.358 e. The molecule has 3 aliphatic heterocycles. The van der Waals surface area contributed by atoms with E-state index in [0.29, 0.717) is 0 Å². The summed E-state index contributed by atoms with van der Waals surface area (Å²) in [6.45, 7) is 12.2. The van der Waals surface area contributed by atoms with Crippen LogP contribution in [-0.4, -0.2) is 51.0 Å². The minimum atomic E-state index is -0.0435. The molecule has 0 aromatic heterocycles. The van der Waals surface area contributed by atoms with Gasteiger partial charge < -0.3 is 89.1 Å². The van der Waals surface area contributed by atoms with Crippen molar-refractivity contribution in [3.05, 3.63) is 274 Å². The average molecular weight is 2240 g/mol. The van der Waals surface area contributed by atoms with E-state index in [1.165, 1.54) is 489 Å². The Balaban J connectivity index is -0.000000409. The zero-order valence-electron chi connectivity index (χ0n) is 95.7. The molecule has 0 saturated heterocycles. The van der Waals surface area contributed by atoms with E-state index in [9.17, 15) is 0 Å². The molecule has 12 fully saturated rings. The quantitative estimate of drug-likeness (QED) is 0.0262. The maximum Gasteiger partial charge on any atom is 2.00 e. The first-order valence-corrected chi connectivity index (χ1v) is 55.2. The maximum atomic E-state index is 6.43. The fraction of sp³-hybridized carbons (Fsp3) is 0.604. The van der Waals surface area contributed by atoms with Crippen LogP contribution in [0.15, 0.2) is 158 Å². The average Bonchev–Trinajstić information content (AvgIpc) is 1.57. The van der Waals surface area contributed by atoms with Crippen molar-refractivity contribution in [2.45, 2.75) is 461 Å². The molecule has 0 amide bonds. The summed E-state index contributed by atoms with van der Waals surface area (Å²) in [5.41, 5.74) is 14.8. The molecule has 6 aromatic rings. The summed E-state index contributed by atoms with van der Waals surface area (Å²) in [6, 6.07) is 45.2. The van der Waals surface area contributed by atoms with Crippen molar-refractivity contribution in [2.24, 2.45) is 35.5 Å². The molecule has 2 atom stereocenters. The van der Waals surface area contributed by atoms with Crippen LogP contribution in [0.5, 0.6) is 0 Å². The Morgan fingerprint density at radius 3 is 0.924 bits per heavy atom. The molecule has 21 rings (SSSR count). The Hall–Kier alpha value is -2.52. The van der Waals surface area contributed by atoms with Crippen molar-refractivity contribution in [2.75, 3.05) is 20.1 Å². The summed E-state index contributed by atoms with van der Waals surface area (Å²) >= 11 is 6.43. The Morgan fingerprint density at radius 2 is 0.569 bits per heavy atom. The molecule has 12 aliphatic carbocycles. The first kappa shape index (κ1) is 152. The van der Waals surface area contributed by atoms with Gasteiger partial charge in [-0.25, -0.2) is 0 Å². The number of unbranched alkanes of at least 4 members (excludes halogenated alkanes) is 3. The SMILES string of the molecule is C1CCCC1.C1CCCC1.C1CCCC1.C1CCCC1.C1CCCC1.C1CCCC1.CC1(C)C(/C=C/C2CCCC2)=[N+](CCCCC2CCCC2)c2ccc3ccccc3c21.CC1(Cc2ccccc2)C(/C=C/C2CCCC2)=[N+](CCCCC2CCCC2)c2ccc3ccccc3c21.C[N+]1=C(/C=C/C2CCCC2)C(C)(CCCCC2CCCC2)c2cc(Cl)ccc21.[CH3-].[CH3-].[CH3-].[CH3-].[CH3-].[CH3-].[CH3-].[CH3-].[CH3-].[CH3-].[CH3-].[CH3-].[Fe+2].[Fe+2].[Fe+2].[Fe+2].[Fe+2].[Fe+2]. The molecule has 820 valence electrons. The Labute approximate surface area is 965 Å². The summed E-state index contributed by atoms with van der Waals surface area (Å²) < 4.78 is 7.83. The molecule has 0 spiro atoms. The number of allylic oxidation sites excluding steroid dienone is 6. The van der Waals surface area contributed by atoms with Crippen molar-refractivity contribution >= 4 is 67.3 Å². The van der Waals surface area contributed by atoms with Crippen LogP contribution < -0.4 is 0 Å². The number of hydrogen-bond donors (Lipinski definition) is 0. The molecule has 10 heteroatoms. The summed E-state index contributed by atoms with van der Waals surface area (Å²) in [5.74, 6) is 5.32. The Kier molecular flexibility index (Phi) is 88.6. The van der Waals surface area contributed by atoms with Crippen molar-refractivity contribution in [3.8, 4) is 0 Å². The van der Waals surface area contributed by atoms with Crippen molar-refractivity contribution in [3.63, 3.8) is 0 Å². The monoisotopic (exact) mass is 2240 g/mol. The largest absolute Gasteiger partial charge is 2.00 e. The van der Waals surface area contributed by atoms with E-state index in [1.54, 1.807) is 0 Å². The van der Waals surface area contributed by atoms with E-state index in [-0.39, 0.29) is 208 Å². The third kappa shape index (κ3) is 46.2. The third-order valence-corrected chi connectivity index (χ3v) is 33.6. The van der Waals surface area contributed by atoms with E-state index in [2.05, 4.69) is 200 Å². The van der Waals surface area contributed by atoms with E-state index in [0.717, 1.165) is 60.0 Å². The van der Waals surface area contributed by atoms with Crippen LogP contribution in [0.1, 0.15) is 461 Å². The summed E-state index contributed by atoms with van der Waals surface area (Å²) in [4.78, 5) is 0. The van der Waals surface area contributed by atoms with Crippen LogP contribution in [0.3, 0.4) is 0 Å². The molecule has 0 radical (unpaired) electrons. The molecule has 144 heavy (non-hydrogen) atoms. The van der Waals surface area contributed by atoms with Crippen LogP contribution >= 0.6 is 11.6 Å². The Bertz CT molecular complexity index is 4240. The second kappa shape index (κ2) is 83.9. The first-order chi connectivity index (χ1) is 61.9. The Morgan fingerprint density at radius 1 is 0.285 bits per heavy atom. The van der Waals surface area contributed by atoms with Gasteiger partial charge in [-0.05, 0) is 179 Å². The van der Waals surface area contributed by atoms with E-state index in [4.69, 9.17) is 11.6 Å². The molecule has 0 N–H and O–H groups in total. The molecule has 12 saturated carbocycles. The van der Waals surface area contributed by atoms with Gasteiger partial charge in [-0.1, -0.05) is 449 Å². The van der Waals surface area contributed by atoms with Gasteiger partial charge in [0, 0.05) is 71.0 Å². The van der Waals surface area contributed by atoms with Crippen molar-refractivity contribution in [1.29, 1.82) is 0 Å². The normalized spacial score (nSPS) is 20.6. The molecule has 2 unspecified atom stereocenters. The van der Waals surface area contributed by atoms with Gasteiger partial charge in [0.25, 0.3) is 0 Å². The van der Waals surface area contributed by atoms with Gasteiger partial charge in [0.05, 0.1) is 16.2 Å². The zero-order valence-corrected chi connectivity index (χ0v) is 103. The summed E-state index contributed by atoms with van der Waals surface area (Å²) in [6.07, 6.45) is 109. The molecule has 3 nitrogen and oxygen atoms in total. The summed E-state index contributed by atoms with van der Waals surface area (Å²) in [5, 5.41) is 6.47. The van der Waals surface area contributed by atoms with E-state index < -0.39 is 0 Å². The molecule has 15 aliphatic rings. The standard InChI is InChI=1S/C36H44N.C30H40N.C26H37ClN.6C5H10.12CH3.6Fe/c1-36(27-30-18-3-2-4-19-30)34(25-22-29-15-7-8-16-29)37(26-12-11-17-28-13-5-6-14-28)33-24-23-31-20-9-10-21-32(31)35(33)36;1-30(2)28(21-18-24-13-5-6-14-24)31(22-10-9-15-23-11-3-4-12-23)27-20-19-25-16-7-8-17-26(25)29(27)30;1-26(18-8-7-13-20-9-3-4-10-20)23-19-22(27)15-16-24(23)28(2)25(26)17-14-21-11-5-6-12-21;6*1-2-4-5-3-1;;;;;;;;;;;;;;;;;;/h2-4,9-10,18-25,28-29H,5-8,11-17,26-27H2,1H3;7-8,16-21,23-24H,3-6,9-15,22H2,1-2H3;14-17,19-21H,3-13,18H2,1-2H3;6*1-5H2;12*1H3;;;;;;/q3*+1;;;;;;;12*-1;6*+2/b25-22+;21-18+;17-14+;;;;;;;;;;;;;;;;;;;;;;;;. The van der Waals surface area contributed by atoms with E-state index in [1.807, 2.05) is 6.07 Å². The van der Waals surface area contributed by atoms with Gasteiger partial charge >= 0.3 is 102 Å². The minimum Gasteiger partial charge on any atom is -0.358 e. The number of nitrogens with zero attached hydrogens (tertiary/aromatic N) is 3. The van der Waals surface area contributed by atoms with Crippen LogP contribution in [-0.2, 0) is 125 Å². The molecule has 6 aromatic carbocycles. The van der Waals surface area contributed by atoms with Gasteiger partial charge in [0.1, 0.15) is 20.1 Å². The molecular formula is C134H217ClFe6N3+3. The number of halogens is 1. The van der Waals surface area contributed by atoms with E-state index >= 15 is 0 Å². The number of hydrogen-bond acceptors (Lipinski definition) is 0. The first-order valence-electron chi connectivity index (χ1n) is 54.8. The number of fused-ring (bicyclic) bond motifs is 7. The van der Waals surface area contributed by atoms with Gasteiger partial charge in [-0.3, -0.25) is 0 Å². The second-order valence-electron chi connectivity index (χ2n) is 43.5. The fourth-order valence-corrected chi connectivity index (χ4v) is 25.9. The zero-order chi connectivity index (χ0) is 87.1. The predicted molar refractivity (Wildman–Crippen MR) is 628 cm³/mol. The van der Waals surface area contributed by atoms with Crippen LogP contribution in [0.25, 0.3) is 21.5 Å². The van der Waals surface area contributed by atoms with Crippen LogP contribution in [0.2, 0.25) is 5.02 Å². The molecule has 0 bridgehead atoms.